The second-order valence-corrected chi connectivity index (χ2v) is 4.39. The highest BCUT2D eigenvalue weighted by molar-refractivity contribution is 6.32. The van der Waals surface area contributed by atoms with Crippen LogP contribution in [0, 0.1) is 5.92 Å². The summed E-state index contributed by atoms with van der Waals surface area (Å²) in [5.74, 6) is 1.65. The van der Waals surface area contributed by atoms with E-state index in [1.807, 2.05) is 24.3 Å². The second kappa shape index (κ2) is 5.25. The van der Waals surface area contributed by atoms with Crippen molar-refractivity contribution in [1.82, 2.24) is 0 Å². The fraction of sp³-hybridized carbons (Fsp3) is 0.538. The summed E-state index contributed by atoms with van der Waals surface area (Å²) in [6.07, 6.45) is 6.77. The average Bonchev–Trinajstić information content (AvgIpc) is 2.28. The Hall–Kier alpha value is -0.915. The maximum absolute atomic E-state index is 5.75. The fourth-order valence-corrected chi connectivity index (χ4v) is 2.17. The molecule has 15 heavy (non-hydrogen) atoms. The van der Waals surface area contributed by atoms with Gasteiger partial charge in [0.2, 0.25) is 0 Å². The van der Waals surface area contributed by atoms with Gasteiger partial charge in [0, 0.05) is 0 Å². The SMILES string of the molecule is [B]c1cccc(OCC2CCCCC2)c1. The fourth-order valence-electron chi connectivity index (χ4n) is 2.17. The van der Waals surface area contributed by atoms with Crippen LogP contribution in [-0.2, 0) is 0 Å². The first-order valence-electron chi connectivity index (χ1n) is 5.83. The van der Waals surface area contributed by atoms with E-state index in [1.54, 1.807) is 0 Å². The Morgan fingerprint density at radius 1 is 1.20 bits per heavy atom. The van der Waals surface area contributed by atoms with Crippen LogP contribution in [-0.4, -0.2) is 14.5 Å². The number of rotatable bonds is 3. The lowest BCUT2D eigenvalue weighted by molar-refractivity contribution is 0.209. The van der Waals surface area contributed by atoms with E-state index in [2.05, 4.69) is 0 Å². The Bertz CT molecular complexity index is 305. The van der Waals surface area contributed by atoms with Gasteiger partial charge in [0.05, 0.1) is 6.61 Å². The maximum atomic E-state index is 5.75. The highest BCUT2D eigenvalue weighted by Gasteiger charge is 2.13. The lowest BCUT2D eigenvalue weighted by Crippen LogP contribution is -2.15. The molecule has 1 nitrogen and oxygen atoms in total. The van der Waals surface area contributed by atoms with Gasteiger partial charge in [-0.15, -0.1) is 0 Å². The van der Waals surface area contributed by atoms with Gasteiger partial charge in [0.15, 0.2) is 0 Å². The number of hydrogen-bond donors (Lipinski definition) is 0. The van der Waals surface area contributed by atoms with E-state index in [0.29, 0.717) is 0 Å². The van der Waals surface area contributed by atoms with Crippen LogP contribution >= 0.6 is 0 Å². The highest BCUT2D eigenvalue weighted by Crippen LogP contribution is 2.24. The molecule has 0 N–H and O–H groups in total. The summed E-state index contributed by atoms with van der Waals surface area (Å²) < 4.78 is 5.75. The predicted octanol–water partition coefficient (Wildman–Crippen LogP) is 2.44. The minimum Gasteiger partial charge on any atom is -0.493 e. The van der Waals surface area contributed by atoms with E-state index < -0.39 is 0 Å². The first-order chi connectivity index (χ1) is 7.34. The molecule has 1 aromatic rings. The molecule has 2 heteroatoms. The zero-order valence-electron chi connectivity index (χ0n) is 9.11. The Labute approximate surface area is 93.2 Å². The van der Waals surface area contributed by atoms with Crippen molar-refractivity contribution in [2.45, 2.75) is 32.1 Å². The second-order valence-electron chi connectivity index (χ2n) is 4.39. The summed E-state index contributed by atoms with van der Waals surface area (Å²) in [5.41, 5.74) is 0.774. The van der Waals surface area contributed by atoms with Crippen molar-refractivity contribution >= 4 is 13.3 Å². The van der Waals surface area contributed by atoms with Crippen molar-refractivity contribution < 1.29 is 4.74 Å². The Kier molecular flexibility index (Phi) is 3.71. The summed E-state index contributed by atoms with van der Waals surface area (Å²) in [6, 6.07) is 7.68. The maximum Gasteiger partial charge on any atom is 0.118 e. The number of ether oxygens (including phenoxy) is 1. The van der Waals surface area contributed by atoms with Gasteiger partial charge >= 0.3 is 0 Å². The van der Waals surface area contributed by atoms with E-state index in [9.17, 15) is 0 Å². The van der Waals surface area contributed by atoms with E-state index in [-0.39, 0.29) is 0 Å². The molecule has 0 spiro atoms. The quantitative estimate of drug-likeness (QED) is 0.681. The molecule has 78 valence electrons. The smallest absolute Gasteiger partial charge is 0.118 e. The van der Waals surface area contributed by atoms with Crippen LogP contribution in [0.1, 0.15) is 32.1 Å². The van der Waals surface area contributed by atoms with E-state index in [1.165, 1.54) is 32.1 Å². The summed E-state index contributed by atoms with van der Waals surface area (Å²) in [5, 5.41) is 0. The largest absolute Gasteiger partial charge is 0.493 e. The van der Waals surface area contributed by atoms with Gasteiger partial charge < -0.3 is 4.74 Å². The first-order valence-corrected chi connectivity index (χ1v) is 5.83. The molecule has 0 unspecified atom stereocenters. The molecule has 0 atom stereocenters. The van der Waals surface area contributed by atoms with Crippen LogP contribution in [0.2, 0.25) is 0 Å². The average molecular weight is 200 g/mol. The van der Waals surface area contributed by atoms with Crippen LogP contribution in [0.15, 0.2) is 24.3 Å². The molecule has 1 aromatic carbocycles. The number of benzene rings is 1. The van der Waals surface area contributed by atoms with Crippen LogP contribution in [0.3, 0.4) is 0 Å². The summed E-state index contributed by atoms with van der Waals surface area (Å²) >= 11 is 0. The Balaban J connectivity index is 1.81. The monoisotopic (exact) mass is 200 g/mol. The van der Waals surface area contributed by atoms with Crippen LogP contribution in [0.4, 0.5) is 0 Å². The van der Waals surface area contributed by atoms with Crippen LogP contribution < -0.4 is 10.2 Å². The lowest BCUT2D eigenvalue weighted by Gasteiger charge is -2.21. The molecule has 0 bridgehead atoms. The first kappa shape index (κ1) is 10.6. The minimum atomic E-state index is 0.750. The van der Waals surface area contributed by atoms with Gasteiger partial charge in [-0.2, -0.15) is 0 Å². The van der Waals surface area contributed by atoms with Crippen LogP contribution in [0.25, 0.3) is 0 Å². The third kappa shape index (κ3) is 3.30. The summed E-state index contributed by atoms with van der Waals surface area (Å²) in [7, 11) is 5.69. The normalized spacial score (nSPS) is 17.6. The molecule has 1 saturated carbocycles. The molecule has 1 fully saturated rings. The summed E-state index contributed by atoms with van der Waals surface area (Å²) in [4.78, 5) is 0. The molecule has 1 aliphatic carbocycles. The molecular formula is C13H17BO. The van der Waals surface area contributed by atoms with Gasteiger partial charge in [-0.3, -0.25) is 0 Å². The Morgan fingerprint density at radius 2 is 2.00 bits per heavy atom. The molecule has 1 aliphatic rings. The van der Waals surface area contributed by atoms with E-state index in [0.717, 1.165) is 23.7 Å². The molecule has 0 aliphatic heterocycles. The van der Waals surface area contributed by atoms with Crippen LogP contribution in [0.5, 0.6) is 5.75 Å². The van der Waals surface area contributed by atoms with Crippen molar-refractivity contribution in [3.8, 4) is 5.75 Å². The lowest BCUT2D eigenvalue weighted by atomic mass is 9.90. The number of hydrogen-bond acceptors (Lipinski definition) is 1. The molecule has 0 heterocycles. The third-order valence-electron chi connectivity index (χ3n) is 3.07. The molecule has 2 rings (SSSR count). The van der Waals surface area contributed by atoms with Gasteiger partial charge in [-0.25, -0.2) is 0 Å². The zero-order chi connectivity index (χ0) is 10.5. The third-order valence-corrected chi connectivity index (χ3v) is 3.07. The Morgan fingerprint density at radius 3 is 2.73 bits per heavy atom. The topological polar surface area (TPSA) is 9.23 Å². The van der Waals surface area contributed by atoms with Crippen molar-refractivity contribution in [1.29, 1.82) is 0 Å². The molecule has 0 aromatic heterocycles. The highest BCUT2D eigenvalue weighted by atomic mass is 16.5. The van der Waals surface area contributed by atoms with E-state index in [4.69, 9.17) is 12.6 Å². The van der Waals surface area contributed by atoms with Gasteiger partial charge in [-0.1, -0.05) is 36.9 Å². The molecular weight excluding hydrogens is 183 g/mol. The summed E-state index contributed by atoms with van der Waals surface area (Å²) in [6.45, 7) is 0.851. The zero-order valence-corrected chi connectivity index (χ0v) is 9.11. The minimum absolute atomic E-state index is 0.750. The van der Waals surface area contributed by atoms with Gasteiger partial charge in [0.1, 0.15) is 13.6 Å². The van der Waals surface area contributed by atoms with Crippen molar-refractivity contribution in [3.05, 3.63) is 24.3 Å². The van der Waals surface area contributed by atoms with Crippen molar-refractivity contribution in [2.75, 3.05) is 6.61 Å². The van der Waals surface area contributed by atoms with Gasteiger partial charge in [0.25, 0.3) is 0 Å². The van der Waals surface area contributed by atoms with E-state index >= 15 is 0 Å². The molecule has 0 saturated heterocycles. The van der Waals surface area contributed by atoms with Crippen molar-refractivity contribution in [2.24, 2.45) is 5.92 Å². The predicted molar refractivity (Wildman–Crippen MR) is 63.9 cm³/mol. The molecule has 0 amide bonds. The molecule has 2 radical (unpaired) electrons. The van der Waals surface area contributed by atoms with Crippen molar-refractivity contribution in [3.63, 3.8) is 0 Å². The standard InChI is InChI=1S/C13H17BO/c14-12-7-4-8-13(9-12)15-10-11-5-2-1-3-6-11/h4,7-9,11H,1-3,5-6,10H2. The van der Waals surface area contributed by atoms with Gasteiger partial charge in [-0.05, 0) is 30.9 Å².